The first-order chi connectivity index (χ1) is 14.8. The Balaban J connectivity index is 1.72. The predicted octanol–water partition coefficient (Wildman–Crippen LogP) is 3.93. The van der Waals surface area contributed by atoms with Gasteiger partial charge in [0.2, 0.25) is 0 Å². The Morgan fingerprint density at radius 2 is 1.94 bits per heavy atom. The summed E-state index contributed by atoms with van der Waals surface area (Å²) in [6.07, 6.45) is 5.36. The van der Waals surface area contributed by atoms with Crippen molar-refractivity contribution in [3.8, 4) is 11.8 Å². The highest BCUT2D eigenvalue weighted by Crippen LogP contribution is 2.25. The number of aryl methyl sites for hydroxylation is 1. The number of amides is 1. The molecule has 3 aromatic heterocycles. The van der Waals surface area contributed by atoms with Gasteiger partial charge in [-0.05, 0) is 55.7 Å². The van der Waals surface area contributed by atoms with Gasteiger partial charge in [0.25, 0.3) is 5.91 Å². The average Bonchev–Trinajstić information content (AvgIpc) is 3.35. The molecule has 4 aromatic rings. The van der Waals surface area contributed by atoms with Crippen LogP contribution >= 0.6 is 0 Å². The molecule has 0 bridgehead atoms. The van der Waals surface area contributed by atoms with Gasteiger partial charge in [-0.3, -0.25) is 9.48 Å². The number of pyridine rings is 1. The molecule has 0 aliphatic heterocycles. The highest BCUT2D eigenvalue weighted by atomic mass is 16.1. The maximum absolute atomic E-state index is 13.1. The zero-order valence-corrected chi connectivity index (χ0v) is 17.8. The molecule has 4 rings (SSSR count). The van der Waals surface area contributed by atoms with Crippen LogP contribution in [-0.4, -0.2) is 30.5 Å². The molecule has 0 atom stereocenters. The summed E-state index contributed by atoms with van der Waals surface area (Å²) in [4.78, 5) is 17.5. The van der Waals surface area contributed by atoms with E-state index in [1.807, 2.05) is 38.4 Å². The first-order valence-electron chi connectivity index (χ1n) is 9.65. The second-order valence-corrected chi connectivity index (χ2v) is 7.48. The Morgan fingerprint density at radius 3 is 2.58 bits per heavy atom. The van der Waals surface area contributed by atoms with Crippen molar-refractivity contribution in [3.63, 3.8) is 0 Å². The molecule has 1 aromatic carbocycles. The zero-order valence-electron chi connectivity index (χ0n) is 17.8. The minimum atomic E-state index is -0.348. The number of rotatable bonds is 4. The summed E-state index contributed by atoms with van der Waals surface area (Å²) in [5, 5.41) is 22.0. The fraction of sp³-hybridized carbons (Fsp3) is 0.174. The van der Waals surface area contributed by atoms with Crippen molar-refractivity contribution in [2.75, 3.05) is 5.32 Å². The number of carbonyl (C=O) groups excluding carboxylic acids is 1. The van der Waals surface area contributed by atoms with Crippen LogP contribution in [0.25, 0.3) is 22.2 Å². The summed E-state index contributed by atoms with van der Waals surface area (Å²) in [6.45, 7) is 9.28. The lowest BCUT2D eigenvalue weighted by Gasteiger charge is -2.14. The molecule has 0 aliphatic carbocycles. The number of anilines is 1. The largest absolute Gasteiger partial charge is 0.321 e. The Labute approximate surface area is 179 Å². The minimum Gasteiger partial charge on any atom is -0.321 e. The zero-order chi connectivity index (χ0) is 22.3. The summed E-state index contributed by atoms with van der Waals surface area (Å²) >= 11 is 0. The molecule has 0 saturated heterocycles. The van der Waals surface area contributed by atoms with Crippen molar-refractivity contribution >= 4 is 28.1 Å². The Kier molecular flexibility index (Phi) is 4.87. The lowest BCUT2D eigenvalue weighted by Crippen LogP contribution is -2.18. The summed E-state index contributed by atoms with van der Waals surface area (Å²) in [5.41, 5.74) is 5.48. The number of aromatic nitrogens is 5. The van der Waals surface area contributed by atoms with Crippen LogP contribution in [0.1, 0.15) is 39.8 Å². The van der Waals surface area contributed by atoms with Gasteiger partial charge in [-0.1, -0.05) is 6.58 Å². The first-order valence-corrected chi connectivity index (χ1v) is 9.65. The van der Waals surface area contributed by atoms with Crippen molar-refractivity contribution in [3.05, 3.63) is 71.4 Å². The minimum absolute atomic E-state index is 0.273. The van der Waals surface area contributed by atoms with E-state index in [0.29, 0.717) is 28.1 Å². The molecular formula is C23H21N7O. The lowest BCUT2D eigenvalue weighted by atomic mass is 9.98. The number of fused-ring (bicyclic) bond motifs is 1. The molecule has 0 fully saturated rings. The Bertz CT molecular complexity index is 1400. The molecule has 0 radical (unpaired) electrons. The number of hydrogen-bond acceptors (Lipinski definition) is 5. The van der Waals surface area contributed by atoms with E-state index in [4.69, 9.17) is 0 Å². The smallest absolute Gasteiger partial charge is 0.274 e. The molecule has 8 nitrogen and oxygen atoms in total. The monoisotopic (exact) mass is 411 g/mol. The lowest BCUT2D eigenvalue weighted by molar-refractivity contribution is 0.102. The van der Waals surface area contributed by atoms with Crippen LogP contribution in [-0.2, 0) is 7.05 Å². The SMILES string of the molecule is C=C(C)c1nc(C(=O)Nc2ccc3cnn(-c4cnn(C)c4)c3c2)c(C)c(C)c1C#N. The van der Waals surface area contributed by atoms with Gasteiger partial charge >= 0.3 is 0 Å². The molecular weight excluding hydrogens is 390 g/mol. The third-order valence-corrected chi connectivity index (χ3v) is 5.25. The van der Waals surface area contributed by atoms with Crippen LogP contribution in [0.2, 0.25) is 0 Å². The number of carbonyl (C=O) groups is 1. The van der Waals surface area contributed by atoms with Crippen LogP contribution in [0, 0.1) is 25.2 Å². The fourth-order valence-electron chi connectivity index (χ4n) is 3.47. The molecule has 0 unspecified atom stereocenters. The number of nitrogens with zero attached hydrogens (tertiary/aromatic N) is 6. The highest BCUT2D eigenvalue weighted by molar-refractivity contribution is 6.05. The number of allylic oxidation sites excluding steroid dienone is 1. The van der Waals surface area contributed by atoms with E-state index in [-0.39, 0.29) is 11.6 Å². The maximum Gasteiger partial charge on any atom is 0.274 e. The van der Waals surface area contributed by atoms with Crippen LogP contribution in [0.5, 0.6) is 0 Å². The van der Waals surface area contributed by atoms with E-state index in [0.717, 1.165) is 22.2 Å². The summed E-state index contributed by atoms with van der Waals surface area (Å²) in [7, 11) is 1.84. The summed E-state index contributed by atoms with van der Waals surface area (Å²) in [5.74, 6) is -0.348. The van der Waals surface area contributed by atoms with Gasteiger partial charge in [-0.15, -0.1) is 0 Å². The highest BCUT2D eigenvalue weighted by Gasteiger charge is 2.20. The van der Waals surface area contributed by atoms with Gasteiger partial charge in [-0.2, -0.15) is 15.5 Å². The van der Waals surface area contributed by atoms with Gasteiger partial charge in [0, 0.05) is 18.1 Å². The van der Waals surface area contributed by atoms with Gasteiger partial charge in [0.1, 0.15) is 17.5 Å². The van der Waals surface area contributed by atoms with Gasteiger partial charge in [0.05, 0.1) is 35.4 Å². The molecule has 1 amide bonds. The first kappa shape index (κ1) is 20.0. The van der Waals surface area contributed by atoms with E-state index < -0.39 is 0 Å². The number of nitrogens with one attached hydrogen (secondary N) is 1. The molecule has 154 valence electrons. The molecule has 0 spiro atoms. The second-order valence-electron chi connectivity index (χ2n) is 7.48. The van der Waals surface area contributed by atoms with E-state index in [9.17, 15) is 10.1 Å². The van der Waals surface area contributed by atoms with E-state index in [2.05, 4.69) is 33.1 Å². The van der Waals surface area contributed by atoms with Crippen molar-refractivity contribution in [2.24, 2.45) is 7.05 Å². The fourth-order valence-corrected chi connectivity index (χ4v) is 3.47. The van der Waals surface area contributed by atoms with Crippen molar-refractivity contribution in [1.82, 2.24) is 24.5 Å². The summed E-state index contributed by atoms with van der Waals surface area (Å²) in [6, 6.07) is 7.75. The van der Waals surface area contributed by atoms with Gasteiger partial charge in [0.15, 0.2) is 0 Å². The Morgan fingerprint density at radius 1 is 1.16 bits per heavy atom. The van der Waals surface area contributed by atoms with E-state index in [1.165, 1.54) is 0 Å². The third kappa shape index (κ3) is 3.46. The molecule has 8 heteroatoms. The Hall–Kier alpha value is -4.25. The molecule has 0 aliphatic rings. The summed E-state index contributed by atoms with van der Waals surface area (Å²) < 4.78 is 3.47. The number of benzene rings is 1. The topological polar surface area (TPSA) is 101 Å². The number of nitriles is 1. The van der Waals surface area contributed by atoms with Gasteiger partial charge < -0.3 is 5.32 Å². The molecule has 3 heterocycles. The maximum atomic E-state index is 13.1. The van der Waals surface area contributed by atoms with Crippen LogP contribution < -0.4 is 5.32 Å². The van der Waals surface area contributed by atoms with E-state index >= 15 is 0 Å². The van der Waals surface area contributed by atoms with Crippen molar-refractivity contribution in [1.29, 1.82) is 5.26 Å². The standard InChI is InChI=1S/C23H21N7O/c1-13(2)21-19(9-24)14(3)15(4)22(28-21)23(31)27-17-7-6-16-10-26-30(20(16)8-17)18-11-25-29(5)12-18/h6-8,10-12H,1H2,2-5H3,(H,27,31). The van der Waals surface area contributed by atoms with Gasteiger partial charge in [-0.25, -0.2) is 9.67 Å². The molecule has 0 saturated carbocycles. The normalized spacial score (nSPS) is 10.8. The third-order valence-electron chi connectivity index (χ3n) is 5.25. The van der Waals surface area contributed by atoms with Crippen LogP contribution in [0.4, 0.5) is 5.69 Å². The van der Waals surface area contributed by atoms with Crippen molar-refractivity contribution < 1.29 is 4.79 Å². The van der Waals surface area contributed by atoms with Crippen LogP contribution in [0.3, 0.4) is 0 Å². The van der Waals surface area contributed by atoms with Crippen LogP contribution in [0.15, 0.2) is 43.4 Å². The second kappa shape index (κ2) is 7.54. The molecule has 1 N–H and O–H groups in total. The number of hydrogen-bond donors (Lipinski definition) is 1. The molecule has 31 heavy (non-hydrogen) atoms. The predicted molar refractivity (Wildman–Crippen MR) is 119 cm³/mol. The quantitative estimate of drug-likeness (QED) is 0.548. The van der Waals surface area contributed by atoms with Crippen molar-refractivity contribution in [2.45, 2.75) is 20.8 Å². The van der Waals surface area contributed by atoms with E-state index in [1.54, 1.807) is 35.6 Å². The average molecular weight is 411 g/mol.